The van der Waals surface area contributed by atoms with Crippen molar-refractivity contribution in [2.24, 2.45) is 5.92 Å². The van der Waals surface area contributed by atoms with Crippen LogP contribution in [-0.4, -0.2) is 30.6 Å². The van der Waals surface area contributed by atoms with E-state index in [1.165, 1.54) is 11.3 Å². The number of benzene rings is 1. The molecule has 0 unspecified atom stereocenters. The number of amides is 2. The van der Waals surface area contributed by atoms with Crippen LogP contribution in [0.15, 0.2) is 36.5 Å². The number of aromatic nitrogens is 1. The third-order valence-corrected chi connectivity index (χ3v) is 4.76. The Morgan fingerprint density at radius 2 is 2.05 bits per heavy atom. The molecule has 6 heteroatoms. The third-order valence-electron chi connectivity index (χ3n) is 3.79. The Hall–Kier alpha value is -1.92. The molecule has 1 fully saturated rings. The number of carbonyl (C=O) groups is 1. The van der Waals surface area contributed by atoms with Crippen LogP contribution in [0, 0.1) is 5.92 Å². The number of thiazole rings is 1. The second-order valence-corrected chi connectivity index (χ2v) is 6.45. The van der Waals surface area contributed by atoms with Crippen LogP contribution in [-0.2, 0) is 0 Å². The summed E-state index contributed by atoms with van der Waals surface area (Å²) in [5.74, 6) is 0.572. The predicted octanol–water partition coefficient (Wildman–Crippen LogP) is 2.93. The molecule has 1 saturated heterocycles. The number of hydrogen-bond acceptors (Lipinski definition) is 4. The number of rotatable bonds is 4. The minimum atomic E-state index is -0.174. The van der Waals surface area contributed by atoms with Crippen LogP contribution in [0.25, 0.3) is 10.4 Å². The minimum absolute atomic E-state index is 0.174. The van der Waals surface area contributed by atoms with E-state index in [9.17, 15) is 4.79 Å². The van der Waals surface area contributed by atoms with E-state index < -0.39 is 0 Å². The molecule has 1 aromatic carbocycles. The van der Waals surface area contributed by atoms with Gasteiger partial charge < -0.3 is 10.6 Å². The molecule has 2 heterocycles. The van der Waals surface area contributed by atoms with Crippen molar-refractivity contribution in [3.8, 4) is 10.4 Å². The highest BCUT2D eigenvalue weighted by Crippen LogP contribution is 2.28. The first-order valence-electron chi connectivity index (χ1n) is 7.58. The second-order valence-electron chi connectivity index (χ2n) is 5.42. The van der Waals surface area contributed by atoms with Crippen molar-refractivity contribution in [1.29, 1.82) is 0 Å². The van der Waals surface area contributed by atoms with Crippen molar-refractivity contribution < 1.29 is 4.79 Å². The van der Waals surface area contributed by atoms with Gasteiger partial charge in [0.15, 0.2) is 5.13 Å². The zero-order valence-corrected chi connectivity index (χ0v) is 13.2. The maximum absolute atomic E-state index is 11.9. The van der Waals surface area contributed by atoms with E-state index in [0.717, 1.165) is 42.9 Å². The van der Waals surface area contributed by atoms with E-state index in [4.69, 9.17) is 0 Å². The zero-order chi connectivity index (χ0) is 15.2. The molecular formula is C16H20N4OS. The standard InChI is InChI=1S/C16H20N4OS/c21-15(18-10-12-6-8-17-9-7-12)20-16-19-11-14(22-16)13-4-2-1-3-5-13/h1-5,11-12,17H,6-10H2,(H2,18,19,20,21). The van der Waals surface area contributed by atoms with Gasteiger partial charge in [0, 0.05) is 12.7 Å². The number of urea groups is 1. The van der Waals surface area contributed by atoms with Gasteiger partial charge in [-0.05, 0) is 37.4 Å². The van der Waals surface area contributed by atoms with Gasteiger partial charge in [0.25, 0.3) is 0 Å². The Labute approximate surface area is 134 Å². The van der Waals surface area contributed by atoms with Gasteiger partial charge >= 0.3 is 6.03 Å². The van der Waals surface area contributed by atoms with Crippen molar-refractivity contribution in [3.63, 3.8) is 0 Å². The molecule has 0 saturated carbocycles. The molecule has 1 aliphatic rings. The van der Waals surface area contributed by atoms with Crippen LogP contribution in [0.5, 0.6) is 0 Å². The van der Waals surface area contributed by atoms with Crippen LogP contribution >= 0.6 is 11.3 Å². The number of nitrogens with zero attached hydrogens (tertiary/aromatic N) is 1. The van der Waals surface area contributed by atoms with Gasteiger partial charge in [-0.2, -0.15) is 0 Å². The highest BCUT2D eigenvalue weighted by molar-refractivity contribution is 7.19. The average Bonchev–Trinajstić information content (AvgIpc) is 3.03. The molecule has 0 bridgehead atoms. The van der Waals surface area contributed by atoms with Gasteiger partial charge in [0.05, 0.1) is 4.88 Å². The Kier molecular flexibility index (Phi) is 5.03. The maximum atomic E-state index is 11.9. The van der Waals surface area contributed by atoms with Gasteiger partial charge in [-0.1, -0.05) is 41.7 Å². The Morgan fingerprint density at radius 1 is 1.27 bits per heavy atom. The summed E-state index contributed by atoms with van der Waals surface area (Å²) in [5.41, 5.74) is 1.11. The summed E-state index contributed by atoms with van der Waals surface area (Å²) >= 11 is 1.48. The molecule has 1 aromatic heterocycles. The van der Waals surface area contributed by atoms with E-state index in [-0.39, 0.29) is 6.03 Å². The normalized spacial score (nSPS) is 15.5. The minimum Gasteiger partial charge on any atom is -0.338 e. The number of piperidine rings is 1. The van der Waals surface area contributed by atoms with Crippen LogP contribution < -0.4 is 16.0 Å². The van der Waals surface area contributed by atoms with E-state index in [1.54, 1.807) is 6.20 Å². The summed E-state index contributed by atoms with van der Waals surface area (Å²) in [6.45, 7) is 2.81. The molecule has 22 heavy (non-hydrogen) atoms. The molecule has 0 atom stereocenters. The third kappa shape index (κ3) is 4.05. The summed E-state index contributed by atoms with van der Waals surface area (Å²) in [6, 6.07) is 9.87. The zero-order valence-electron chi connectivity index (χ0n) is 12.3. The van der Waals surface area contributed by atoms with E-state index in [2.05, 4.69) is 20.9 Å². The molecule has 3 N–H and O–H groups in total. The lowest BCUT2D eigenvalue weighted by atomic mass is 9.98. The Balaban J connectivity index is 1.50. The van der Waals surface area contributed by atoms with E-state index in [0.29, 0.717) is 11.0 Å². The molecule has 2 amide bonds. The quantitative estimate of drug-likeness (QED) is 0.812. The average molecular weight is 316 g/mol. The van der Waals surface area contributed by atoms with Crippen LogP contribution in [0.3, 0.4) is 0 Å². The van der Waals surface area contributed by atoms with Crippen LogP contribution in [0.1, 0.15) is 12.8 Å². The van der Waals surface area contributed by atoms with Crippen molar-refractivity contribution in [2.45, 2.75) is 12.8 Å². The van der Waals surface area contributed by atoms with Crippen molar-refractivity contribution in [1.82, 2.24) is 15.6 Å². The lowest BCUT2D eigenvalue weighted by Crippen LogP contribution is -2.37. The van der Waals surface area contributed by atoms with Gasteiger partial charge in [0.1, 0.15) is 0 Å². The number of carbonyl (C=O) groups excluding carboxylic acids is 1. The molecule has 116 valence electrons. The van der Waals surface area contributed by atoms with Gasteiger partial charge in [0.2, 0.25) is 0 Å². The molecule has 5 nitrogen and oxygen atoms in total. The Morgan fingerprint density at radius 3 is 2.82 bits per heavy atom. The summed E-state index contributed by atoms with van der Waals surface area (Å²) in [4.78, 5) is 17.2. The molecule has 2 aromatic rings. The summed E-state index contributed by atoms with van der Waals surface area (Å²) in [6.07, 6.45) is 4.04. The fourth-order valence-corrected chi connectivity index (χ4v) is 3.35. The summed E-state index contributed by atoms with van der Waals surface area (Å²) in [5, 5.41) is 9.70. The fourth-order valence-electron chi connectivity index (χ4n) is 2.53. The second kappa shape index (κ2) is 7.38. The van der Waals surface area contributed by atoms with Crippen LogP contribution in [0.4, 0.5) is 9.93 Å². The molecule has 0 radical (unpaired) electrons. The number of anilines is 1. The number of hydrogen-bond donors (Lipinski definition) is 3. The van der Waals surface area contributed by atoms with Crippen LogP contribution in [0.2, 0.25) is 0 Å². The molecule has 0 aliphatic carbocycles. The van der Waals surface area contributed by atoms with Crippen molar-refractivity contribution in [3.05, 3.63) is 36.5 Å². The van der Waals surface area contributed by atoms with Crippen molar-refractivity contribution >= 4 is 22.5 Å². The highest BCUT2D eigenvalue weighted by atomic mass is 32.1. The highest BCUT2D eigenvalue weighted by Gasteiger charge is 2.14. The van der Waals surface area contributed by atoms with Gasteiger partial charge in [-0.15, -0.1) is 0 Å². The monoisotopic (exact) mass is 316 g/mol. The molecule has 0 spiro atoms. The van der Waals surface area contributed by atoms with E-state index in [1.807, 2.05) is 30.3 Å². The smallest absolute Gasteiger partial charge is 0.321 e. The first kappa shape index (κ1) is 15.0. The lowest BCUT2D eigenvalue weighted by molar-refractivity contribution is 0.248. The molecule has 3 rings (SSSR count). The maximum Gasteiger partial charge on any atom is 0.321 e. The summed E-state index contributed by atoms with van der Waals surface area (Å²) < 4.78 is 0. The first-order chi connectivity index (χ1) is 10.8. The molecule has 1 aliphatic heterocycles. The summed E-state index contributed by atoms with van der Waals surface area (Å²) in [7, 11) is 0. The number of nitrogens with one attached hydrogen (secondary N) is 3. The van der Waals surface area contributed by atoms with Gasteiger partial charge in [-0.25, -0.2) is 9.78 Å². The SMILES string of the molecule is O=C(NCC1CCNCC1)Nc1ncc(-c2ccccc2)s1. The van der Waals surface area contributed by atoms with Gasteiger partial charge in [-0.3, -0.25) is 5.32 Å². The molecular weight excluding hydrogens is 296 g/mol. The van der Waals surface area contributed by atoms with E-state index >= 15 is 0 Å². The Bertz CT molecular complexity index is 608. The van der Waals surface area contributed by atoms with Crippen molar-refractivity contribution in [2.75, 3.05) is 25.0 Å². The topological polar surface area (TPSA) is 66.1 Å². The fraction of sp³-hybridized carbons (Fsp3) is 0.375. The predicted molar refractivity (Wildman–Crippen MR) is 90.2 cm³/mol. The first-order valence-corrected chi connectivity index (χ1v) is 8.40. The lowest BCUT2D eigenvalue weighted by Gasteiger charge is -2.22. The largest absolute Gasteiger partial charge is 0.338 e.